The number of nitrogens with one attached hydrogen (secondary N) is 1. The van der Waals surface area contributed by atoms with Crippen LogP contribution in [-0.4, -0.2) is 11.1 Å². The summed E-state index contributed by atoms with van der Waals surface area (Å²) in [5, 5.41) is 12.3. The van der Waals surface area contributed by atoms with Crippen LogP contribution in [0.5, 0.6) is 0 Å². The standard InChI is InChI=1S/C11H13NO2/c1-11(2)9-5-3-4-7(10(13)14)8(9)6-12-11/h3-5,12H,6H2,1-2H3,(H,13,14). The van der Waals surface area contributed by atoms with E-state index in [-0.39, 0.29) is 5.54 Å². The molecule has 1 aliphatic heterocycles. The molecule has 2 N–H and O–H groups in total. The van der Waals surface area contributed by atoms with Gasteiger partial charge in [0, 0.05) is 12.1 Å². The molecule has 1 aliphatic rings. The molecule has 3 heteroatoms. The zero-order valence-electron chi connectivity index (χ0n) is 8.29. The molecule has 2 rings (SSSR count). The summed E-state index contributed by atoms with van der Waals surface area (Å²) in [7, 11) is 0. The van der Waals surface area contributed by atoms with Gasteiger partial charge >= 0.3 is 5.97 Å². The van der Waals surface area contributed by atoms with Gasteiger partial charge in [-0.3, -0.25) is 0 Å². The minimum absolute atomic E-state index is 0.110. The summed E-state index contributed by atoms with van der Waals surface area (Å²) in [5.74, 6) is -0.846. The monoisotopic (exact) mass is 191 g/mol. The Morgan fingerprint density at radius 3 is 2.86 bits per heavy atom. The molecule has 0 aliphatic carbocycles. The van der Waals surface area contributed by atoms with Gasteiger partial charge < -0.3 is 10.4 Å². The van der Waals surface area contributed by atoms with Gasteiger partial charge in [-0.2, -0.15) is 0 Å². The number of hydrogen-bond acceptors (Lipinski definition) is 2. The Bertz CT molecular complexity index is 396. The molecule has 0 spiro atoms. The van der Waals surface area contributed by atoms with E-state index in [2.05, 4.69) is 19.2 Å². The van der Waals surface area contributed by atoms with Crippen LogP contribution < -0.4 is 5.32 Å². The van der Waals surface area contributed by atoms with Crippen LogP contribution in [0.1, 0.15) is 35.3 Å². The van der Waals surface area contributed by atoms with E-state index in [1.54, 1.807) is 12.1 Å². The van der Waals surface area contributed by atoms with Crippen LogP contribution in [0.3, 0.4) is 0 Å². The first-order valence-corrected chi connectivity index (χ1v) is 4.63. The second kappa shape index (κ2) is 2.82. The summed E-state index contributed by atoms with van der Waals surface area (Å²) >= 11 is 0. The number of aromatic carboxylic acids is 1. The summed E-state index contributed by atoms with van der Waals surface area (Å²) in [6, 6.07) is 5.45. The highest BCUT2D eigenvalue weighted by molar-refractivity contribution is 5.90. The summed E-state index contributed by atoms with van der Waals surface area (Å²) in [6.07, 6.45) is 0. The summed E-state index contributed by atoms with van der Waals surface area (Å²) < 4.78 is 0. The molecular weight excluding hydrogens is 178 g/mol. The van der Waals surface area contributed by atoms with E-state index in [1.165, 1.54) is 0 Å². The van der Waals surface area contributed by atoms with Crippen LogP contribution in [0.4, 0.5) is 0 Å². The molecule has 14 heavy (non-hydrogen) atoms. The van der Waals surface area contributed by atoms with Gasteiger partial charge in [0.1, 0.15) is 0 Å². The number of rotatable bonds is 1. The van der Waals surface area contributed by atoms with Gasteiger partial charge in [0.15, 0.2) is 0 Å². The minimum atomic E-state index is -0.846. The Kier molecular flexibility index (Phi) is 1.86. The van der Waals surface area contributed by atoms with Gasteiger partial charge in [0.05, 0.1) is 5.56 Å². The van der Waals surface area contributed by atoms with Crippen molar-refractivity contribution in [1.29, 1.82) is 0 Å². The molecule has 0 unspecified atom stereocenters. The van der Waals surface area contributed by atoms with Crippen molar-refractivity contribution in [3.05, 3.63) is 34.9 Å². The molecule has 0 saturated heterocycles. The Balaban J connectivity index is 2.61. The Hall–Kier alpha value is -1.35. The first-order valence-electron chi connectivity index (χ1n) is 4.63. The van der Waals surface area contributed by atoms with Crippen LogP contribution in [0.2, 0.25) is 0 Å². The Morgan fingerprint density at radius 2 is 2.21 bits per heavy atom. The quantitative estimate of drug-likeness (QED) is 0.710. The molecule has 0 saturated carbocycles. The highest BCUT2D eigenvalue weighted by Gasteiger charge is 2.31. The molecule has 0 aromatic heterocycles. The number of benzene rings is 1. The SMILES string of the molecule is CC1(C)NCc2c(C(=O)O)cccc21. The third kappa shape index (κ3) is 1.21. The van der Waals surface area contributed by atoms with Gasteiger partial charge in [-0.15, -0.1) is 0 Å². The first kappa shape index (κ1) is 9.21. The van der Waals surface area contributed by atoms with Crippen LogP contribution in [0, 0.1) is 0 Å². The van der Waals surface area contributed by atoms with E-state index in [9.17, 15) is 4.79 Å². The maximum atomic E-state index is 10.9. The average molecular weight is 191 g/mol. The van der Waals surface area contributed by atoms with Crippen LogP contribution in [-0.2, 0) is 12.1 Å². The molecule has 0 fully saturated rings. The topological polar surface area (TPSA) is 49.3 Å². The van der Waals surface area contributed by atoms with Crippen molar-refractivity contribution in [2.75, 3.05) is 0 Å². The lowest BCUT2D eigenvalue weighted by Gasteiger charge is -2.19. The Labute approximate surface area is 82.8 Å². The van der Waals surface area contributed by atoms with E-state index in [0.29, 0.717) is 12.1 Å². The lowest BCUT2D eigenvalue weighted by molar-refractivity contribution is 0.0695. The number of carboxylic acids is 1. The zero-order chi connectivity index (χ0) is 10.3. The van der Waals surface area contributed by atoms with Crippen molar-refractivity contribution in [2.45, 2.75) is 25.9 Å². The number of hydrogen-bond donors (Lipinski definition) is 2. The molecule has 0 amide bonds. The fourth-order valence-corrected chi connectivity index (χ4v) is 1.97. The molecule has 74 valence electrons. The largest absolute Gasteiger partial charge is 0.478 e. The smallest absolute Gasteiger partial charge is 0.336 e. The van der Waals surface area contributed by atoms with E-state index in [0.717, 1.165) is 11.1 Å². The van der Waals surface area contributed by atoms with Crippen LogP contribution >= 0.6 is 0 Å². The van der Waals surface area contributed by atoms with Crippen molar-refractivity contribution in [3.8, 4) is 0 Å². The van der Waals surface area contributed by atoms with Gasteiger partial charge in [-0.25, -0.2) is 4.79 Å². The molecular formula is C11H13NO2. The number of carboxylic acid groups (broad SMARTS) is 1. The lowest BCUT2D eigenvalue weighted by atomic mass is 9.92. The molecule has 3 nitrogen and oxygen atoms in total. The predicted octanol–water partition coefficient (Wildman–Crippen LogP) is 1.72. The minimum Gasteiger partial charge on any atom is -0.478 e. The maximum absolute atomic E-state index is 10.9. The van der Waals surface area contributed by atoms with E-state index < -0.39 is 5.97 Å². The summed E-state index contributed by atoms with van der Waals surface area (Å²) in [6.45, 7) is 4.76. The summed E-state index contributed by atoms with van der Waals surface area (Å²) in [4.78, 5) is 10.9. The van der Waals surface area contributed by atoms with E-state index in [4.69, 9.17) is 5.11 Å². The fraction of sp³-hybridized carbons (Fsp3) is 0.364. The molecule has 0 bridgehead atoms. The predicted molar refractivity (Wildman–Crippen MR) is 53.3 cm³/mol. The number of fused-ring (bicyclic) bond motifs is 1. The van der Waals surface area contributed by atoms with Crippen LogP contribution in [0.25, 0.3) is 0 Å². The van der Waals surface area contributed by atoms with Crippen molar-refractivity contribution >= 4 is 5.97 Å². The van der Waals surface area contributed by atoms with Gasteiger partial charge in [0.2, 0.25) is 0 Å². The van der Waals surface area contributed by atoms with Crippen LogP contribution in [0.15, 0.2) is 18.2 Å². The molecule has 0 atom stereocenters. The van der Waals surface area contributed by atoms with Crippen molar-refractivity contribution in [3.63, 3.8) is 0 Å². The molecule has 0 radical (unpaired) electrons. The molecule has 1 heterocycles. The lowest BCUT2D eigenvalue weighted by Crippen LogP contribution is -2.28. The Morgan fingerprint density at radius 1 is 1.50 bits per heavy atom. The molecule has 1 aromatic rings. The van der Waals surface area contributed by atoms with E-state index >= 15 is 0 Å². The van der Waals surface area contributed by atoms with Gasteiger partial charge in [-0.05, 0) is 31.0 Å². The summed E-state index contributed by atoms with van der Waals surface area (Å²) in [5.41, 5.74) is 2.32. The van der Waals surface area contributed by atoms with Crippen molar-refractivity contribution in [2.24, 2.45) is 0 Å². The van der Waals surface area contributed by atoms with Crippen molar-refractivity contribution < 1.29 is 9.90 Å². The highest BCUT2D eigenvalue weighted by atomic mass is 16.4. The third-order valence-electron chi connectivity index (χ3n) is 2.79. The second-order valence-corrected chi connectivity index (χ2v) is 4.12. The van der Waals surface area contributed by atoms with E-state index in [1.807, 2.05) is 6.07 Å². The number of carbonyl (C=O) groups is 1. The van der Waals surface area contributed by atoms with Crippen molar-refractivity contribution in [1.82, 2.24) is 5.32 Å². The van der Waals surface area contributed by atoms with Gasteiger partial charge in [-0.1, -0.05) is 12.1 Å². The normalized spacial score (nSPS) is 17.9. The zero-order valence-corrected chi connectivity index (χ0v) is 8.29. The third-order valence-corrected chi connectivity index (χ3v) is 2.79. The second-order valence-electron chi connectivity index (χ2n) is 4.12. The average Bonchev–Trinajstić information content (AvgIpc) is 2.42. The maximum Gasteiger partial charge on any atom is 0.336 e. The highest BCUT2D eigenvalue weighted by Crippen LogP contribution is 2.32. The fourth-order valence-electron chi connectivity index (χ4n) is 1.97. The first-order chi connectivity index (χ1) is 6.52. The molecule has 1 aromatic carbocycles. The van der Waals surface area contributed by atoms with Gasteiger partial charge in [0.25, 0.3) is 0 Å².